The van der Waals surface area contributed by atoms with E-state index < -0.39 is 0 Å². The smallest absolute Gasteiger partial charge is 0.240 e. The van der Waals surface area contributed by atoms with Crippen LogP contribution in [0.3, 0.4) is 0 Å². The third-order valence-corrected chi connectivity index (χ3v) is 5.67. The van der Waals surface area contributed by atoms with Crippen molar-refractivity contribution in [3.05, 3.63) is 35.4 Å². The molecule has 3 heteroatoms. The summed E-state index contributed by atoms with van der Waals surface area (Å²) in [5, 5.41) is 3.46. The number of hydrogen-bond donors (Lipinski definition) is 1. The van der Waals surface area contributed by atoms with E-state index in [1.807, 2.05) is 0 Å². The van der Waals surface area contributed by atoms with Gasteiger partial charge in [0.25, 0.3) is 0 Å². The molecule has 1 aromatic rings. The van der Waals surface area contributed by atoms with Crippen molar-refractivity contribution in [3.8, 4) is 0 Å². The first-order valence-electron chi connectivity index (χ1n) is 8.43. The van der Waals surface area contributed by atoms with Crippen molar-refractivity contribution in [3.63, 3.8) is 0 Å². The Labute approximate surface area is 126 Å². The second kappa shape index (κ2) is 5.45. The molecule has 112 valence electrons. The van der Waals surface area contributed by atoms with Crippen molar-refractivity contribution in [2.75, 3.05) is 6.54 Å². The number of nitrogens with one attached hydrogen (secondary N) is 1. The standard InChI is InChI=1S/C18H24N2O/c21-18(20-10-9-13-5-3-4-8-17(13)20)16-11-14-6-1-2-7-15(14)12-19-16/h1-2,6-7,13,16-17,19H,3-5,8-12H2/t13?,16-,17?/m1/s1. The van der Waals surface area contributed by atoms with Gasteiger partial charge in [0.05, 0.1) is 6.04 Å². The molecule has 4 rings (SSSR count). The molecular weight excluding hydrogens is 260 g/mol. The Hall–Kier alpha value is -1.35. The predicted octanol–water partition coefficient (Wildman–Crippen LogP) is 2.49. The van der Waals surface area contributed by atoms with Gasteiger partial charge in [-0.3, -0.25) is 4.79 Å². The molecule has 21 heavy (non-hydrogen) atoms. The molecule has 2 aliphatic heterocycles. The van der Waals surface area contributed by atoms with Crippen molar-refractivity contribution >= 4 is 5.91 Å². The van der Waals surface area contributed by atoms with Crippen LogP contribution in [0.15, 0.2) is 24.3 Å². The van der Waals surface area contributed by atoms with Crippen LogP contribution in [0.5, 0.6) is 0 Å². The van der Waals surface area contributed by atoms with Gasteiger partial charge in [-0.2, -0.15) is 0 Å². The lowest BCUT2D eigenvalue weighted by atomic mass is 9.85. The Morgan fingerprint density at radius 3 is 2.81 bits per heavy atom. The van der Waals surface area contributed by atoms with Crippen LogP contribution in [0, 0.1) is 5.92 Å². The van der Waals surface area contributed by atoms with Gasteiger partial charge < -0.3 is 10.2 Å². The van der Waals surface area contributed by atoms with Crippen molar-refractivity contribution in [2.45, 2.75) is 57.2 Å². The summed E-state index contributed by atoms with van der Waals surface area (Å²) in [4.78, 5) is 15.1. The summed E-state index contributed by atoms with van der Waals surface area (Å²) >= 11 is 0. The second-order valence-electron chi connectivity index (χ2n) is 6.84. The van der Waals surface area contributed by atoms with E-state index in [1.165, 1.54) is 43.2 Å². The maximum absolute atomic E-state index is 12.9. The van der Waals surface area contributed by atoms with E-state index in [2.05, 4.69) is 34.5 Å². The van der Waals surface area contributed by atoms with Crippen LogP contribution in [0.4, 0.5) is 0 Å². The average molecular weight is 284 g/mol. The number of fused-ring (bicyclic) bond motifs is 2. The minimum Gasteiger partial charge on any atom is -0.338 e. The maximum atomic E-state index is 12.9. The van der Waals surface area contributed by atoms with E-state index in [4.69, 9.17) is 0 Å². The summed E-state index contributed by atoms with van der Waals surface area (Å²) in [6.07, 6.45) is 7.28. The topological polar surface area (TPSA) is 32.3 Å². The largest absolute Gasteiger partial charge is 0.338 e. The fourth-order valence-corrected chi connectivity index (χ4v) is 4.51. The molecule has 0 bridgehead atoms. The predicted molar refractivity (Wildman–Crippen MR) is 82.8 cm³/mol. The van der Waals surface area contributed by atoms with Gasteiger partial charge in [0.1, 0.15) is 0 Å². The van der Waals surface area contributed by atoms with Gasteiger partial charge in [-0.05, 0) is 42.7 Å². The van der Waals surface area contributed by atoms with Gasteiger partial charge in [0.15, 0.2) is 0 Å². The molecule has 2 fully saturated rings. The highest BCUT2D eigenvalue weighted by atomic mass is 16.2. The molecule has 0 aromatic heterocycles. The molecule has 1 amide bonds. The monoisotopic (exact) mass is 284 g/mol. The van der Waals surface area contributed by atoms with E-state index in [1.54, 1.807) is 0 Å². The lowest BCUT2D eigenvalue weighted by Crippen LogP contribution is -2.51. The van der Waals surface area contributed by atoms with E-state index in [0.717, 1.165) is 25.4 Å². The first-order valence-corrected chi connectivity index (χ1v) is 8.43. The number of amides is 1. The van der Waals surface area contributed by atoms with E-state index in [-0.39, 0.29) is 6.04 Å². The highest BCUT2D eigenvalue weighted by Gasteiger charge is 2.40. The molecule has 1 saturated carbocycles. The molecule has 2 heterocycles. The average Bonchev–Trinajstić information content (AvgIpc) is 2.98. The van der Waals surface area contributed by atoms with Crippen LogP contribution in [0.25, 0.3) is 0 Å². The third-order valence-electron chi connectivity index (χ3n) is 5.67. The quantitative estimate of drug-likeness (QED) is 0.859. The summed E-state index contributed by atoms with van der Waals surface area (Å²) in [5.74, 6) is 1.12. The Bertz CT molecular complexity index is 542. The minimum absolute atomic E-state index is 0.0134. The Morgan fingerprint density at radius 1 is 1.10 bits per heavy atom. The summed E-state index contributed by atoms with van der Waals surface area (Å²) in [5.41, 5.74) is 2.69. The van der Waals surface area contributed by atoms with E-state index in [0.29, 0.717) is 11.9 Å². The SMILES string of the molecule is O=C([C@H]1Cc2ccccc2CN1)N1CCC2CCCCC21. The number of rotatable bonds is 1. The number of likely N-dealkylation sites (tertiary alicyclic amines) is 1. The normalized spacial score (nSPS) is 31.6. The van der Waals surface area contributed by atoms with Gasteiger partial charge >= 0.3 is 0 Å². The van der Waals surface area contributed by atoms with E-state index >= 15 is 0 Å². The molecule has 3 aliphatic rings. The summed E-state index contributed by atoms with van der Waals surface area (Å²) in [7, 11) is 0. The number of benzene rings is 1. The van der Waals surface area contributed by atoms with Gasteiger partial charge in [-0.1, -0.05) is 37.1 Å². The van der Waals surface area contributed by atoms with Crippen molar-refractivity contribution in [2.24, 2.45) is 5.92 Å². The van der Waals surface area contributed by atoms with Crippen molar-refractivity contribution in [1.29, 1.82) is 0 Å². The molecule has 1 aromatic carbocycles. The highest BCUT2D eigenvalue weighted by molar-refractivity contribution is 5.83. The third kappa shape index (κ3) is 2.38. The summed E-state index contributed by atoms with van der Waals surface area (Å²) in [6, 6.07) is 9.01. The van der Waals surface area contributed by atoms with Crippen molar-refractivity contribution < 1.29 is 4.79 Å². The Kier molecular flexibility index (Phi) is 3.46. The minimum atomic E-state index is -0.0134. The maximum Gasteiger partial charge on any atom is 0.240 e. The molecule has 3 nitrogen and oxygen atoms in total. The van der Waals surface area contributed by atoms with Crippen LogP contribution in [0.1, 0.15) is 43.2 Å². The number of nitrogens with zero attached hydrogens (tertiary/aromatic N) is 1. The molecule has 1 saturated heterocycles. The zero-order chi connectivity index (χ0) is 14.2. The van der Waals surface area contributed by atoms with Gasteiger partial charge in [0.2, 0.25) is 5.91 Å². The van der Waals surface area contributed by atoms with Gasteiger partial charge in [-0.25, -0.2) is 0 Å². The lowest BCUT2D eigenvalue weighted by Gasteiger charge is -2.35. The van der Waals surface area contributed by atoms with Crippen LogP contribution in [0.2, 0.25) is 0 Å². The fraction of sp³-hybridized carbons (Fsp3) is 0.611. The molecular formula is C18H24N2O. The van der Waals surface area contributed by atoms with Crippen molar-refractivity contribution in [1.82, 2.24) is 10.2 Å². The van der Waals surface area contributed by atoms with Crippen LogP contribution in [-0.4, -0.2) is 29.4 Å². The number of carbonyl (C=O) groups excluding carboxylic acids is 1. The molecule has 0 radical (unpaired) electrons. The highest BCUT2D eigenvalue weighted by Crippen LogP contribution is 2.36. The molecule has 3 atom stereocenters. The number of hydrogen-bond acceptors (Lipinski definition) is 2. The first kappa shape index (κ1) is 13.3. The fourth-order valence-electron chi connectivity index (χ4n) is 4.51. The van der Waals surface area contributed by atoms with Crippen LogP contribution >= 0.6 is 0 Å². The first-order chi connectivity index (χ1) is 10.3. The number of carbonyl (C=O) groups is 1. The zero-order valence-corrected chi connectivity index (χ0v) is 12.6. The molecule has 2 unspecified atom stereocenters. The van der Waals surface area contributed by atoms with E-state index in [9.17, 15) is 4.79 Å². The van der Waals surface area contributed by atoms with Crippen LogP contribution in [-0.2, 0) is 17.8 Å². The zero-order valence-electron chi connectivity index (χ0n) is 12.6. The summed E-state index contributed by atoms with van der Waals surface area (Å²) in [6.45, 7) is 1.81. The Morgan fingerprint density at radius 2 is 1.90 bits per heavy atom. The Balaban J connectivity index is 1.49. The molecule has 1 N–H and O–H groups in total. The van der Waals surface area contributed by atoms with Gasteiger partial charge in [-0.15, -0.1) is 0 Å². The van der Waals surface area contributed by atoms with Crippen LogP contribution < -0.4 is 5.32 Å². The molecule has 0 spiro atoms. The summed E-state index contributed by atoms with van der Waals surface area (Å²) < 4.78 is 0. The molecule has 1 aliphatic carbocycles. The lowest BCUT2D eigenvalue weighted by molar-refractivity contribution is -0.135. The second-order valence-corrected chi connectivity index (χ2v) is 6.84. The van der Waals surface area contributed by atoms with Gasteiger partial charge in [0, 0.05) is 19.1 Å².